The normalized spacial score (nSPS) is 17.8. The van der Waals surface area contributed by atoms with E-state index in [1.165, 1.54) is 16.0 Å². The number of thiophene rings is 1. The van der Waals surface area contributed by atoms with Gasteiger partial charge in [-0.2, -0.15) is 0 Å². The maximum absolute atomic E-state index is 13.1. The molecule has 5 rings (SSSR count). The van der Waals surface area contributed by atoms with Crippen LogP contribution in [-0.2, 0) is 11.3 Å². The molecule has 2 amide bonds. The van der Waals surface area contributed by atoms with E-state index in [4.69, 9.17) is 16.0 Å². The summed E-state index contributed by atoms with van der Waals surface area (Å²) in [5.41, 5.74) is 1.08. The van der Waals surface area contributed by atoms with Gasteiger partial charge >= 0.3 is 0 Å². The molecule has 0 bridgehead atoms. The van der Waals surface area contributed by atoms with Crippen LogP contribution in [0.3, 0.4) is 0 Å². The number of piperazine rings is 1. The molecule has 0 unspecified atom stereocenters. The van der Waals surface area contributed by atoms with Crippen molar-refractivity contribution >= 4 is 34.8 Å². The van der Waals surface area contributed by atoms with Gasteiger partial charge in [-0.05, 0) is 43.2 Å². The quantitative estimate of drug-likeness (QED) is 0.505. The number of hydrogen-bond acceptors (Lipinski definition) is 5. The highest BCUT2D eigenvalue weighted by Crippen LogP contribution is 2.33. The van der Waals surface area contributed by atoms with Gasteiger partial charge in [0.2, 0.25) is 5.91 Å². The molecule has 0 atom stereocenters. The summed E-state index contributed by atoms with van der Waals surface area (Å²) >= 11 is 8.13. The van der Waals surface area contributed by atoms with Crippen molar-refractivity contribution in [2.45, 2.75) is 19.4 Å². The number of likely N-dealkylation sites (tertiary alicyclic amines) is 1. The van der Waals surface area contributed by atoms with Crippen molar-refractivity contribution in [1.29, 1.82) is 0 Å². The zero-order chi connectivity index (χ0) is 23.5. The van der Waals surface area contributed by atoms with E-state index >= 15 is 0 Å². The molecule has 0 N–H and O–H groups in total. The van der Waals surface area contributed by atoms with E-state index in [0.717, 1.165) is 43.3 Å². The van der Waals surface area contributed by atoms with Crippen molar-refractivity contribution in [3.05, 3.63) is 70.5 Å². The van der Waals surface area contributed by atoms with Gasteiger partial charge in [0.15, 0.2) is 5.76 Å². The standard InChI is InChI=1S/C26H28ClN3O3S/c27-22-5-2-1-4-21(22)24-8-7-20(34-24)18-28-13-15-30(16-14-28)25(31)19-9-11-29(12-10-19)26(32)23-6-3-17-33-23/h1-8,17,19H,9-16,18H2. The fraction of sp³-hybridized carbons (Fsp3) is 0.385. The van der Waals surface area contributed by atoms with Gasteiger partial charge in [0.25, 0.3) is 5.91 Å². The Morgan fingerprint density at radius 3 is 2.38 bits per heavy atom. The third kappa shape index (κ3) is 5.06. The molecule has 8 heteroatoms. The Labute approximate surface area is 208 Å². The van der Waals surface area contributed by atoms with Gasteiger partial charge in [-0.25, -0.2) is 0 Å². The Balaban J connectivity index is 1.09. The monoisotopic (exact) mass is 497 g/mol. The summed E-state index contributed by atoms with van der Waals surface area (Å²) in [5.74, 6) is 0.519. The van der Waals surface area contributed by atoms with Gasteiger partial charge in [0.1, 0.15) is 0 Å². The first-order chi connectivity index (χ1) is 16.6. The third-order valence-electron chi connectivity index (χ3n) is 6.73. The summed E-state index contributed by atoms with van der Waals surface area (Å²) in [4.78, 5) is 34.2. The first kappa shape index (κ1) is 23.1. The zero-order valence-electron chi connectivity index (χ0n) is 19.0. The Kier molecular flexibility index (Phi) is 7.04. The smallest absolute Gasteiger partial charge is 0.289 e. The van der Waals surface area contributed by atoms with Crippen molar-refractivity contribution in [2.75, 3.05) is 39.3 Å². The van der Waals surface area contributed by atoms with Crippen LogP contribution in [0.25, 0.3) is 10.4 Å². The average molecular weight is 498 g/mol. The van der Waals surface area contributed by atoms with Gasteiger partial charge in [-0.3, -0.25) is 14.5 Å². The molecular formula is C26H28ClN3O3S. The predicted octanol–water partition coefficient (Wildman–Crippen LogP) is 4.86. The van der Waals surface area contributed by atoms with Gasteiger partial charge in [-0.1, -0.05) is 29.8 Å². The van der Waals surface area contributed by atoms with Gasteiger partial charge < -0.3 is 14.2 Å². The van der Waals surface area contributed by atoms with Crippen LogP contribution in [0.15, 0.2) is 59.2 Å². The fourth-order valence-electron chi connectivity index (χ4n) is 4.76. The van der Waals surface area contributed by atoms with E-state index in [1.54, 1.807) is 28.4 Å². The Bertz CT molecular complexity index is 1130. The molecular weight excluding hydrogens is 470 g/mol. The average Bonchev–Trinajstić information content (AvgIpc) is 3.57. The Morgan fingerprint density at radius 2 is 1.68 bits per heavy atom. The number of amides is 2. The number of furan rings is 1. The summed E-state index contributed by atoms with van der Waals surface area (Å²) in [6.07, 6.45) is 2.94. The molecule has 6 nitrogen and oxygen atoms in total. The molecule has 2 saturated heterocycles. The number of piperidine rings is 1. The lowest BCUT2D eigenvalue weighted by molar-refractivity contribution is -0.138. The molecule has 2 aromatic heterocycles. The number of rotatable bonds is 5. The van der Waals surface area contributed by atoms with Crippen molar-refractivity contribution in [3.8, 4) is 10.4 Å². The number of carbonyl (C=O) groups is 2. The Hall–Kier alpha value is -2.61. The van der Waals surface area contributed by atoms with Crippen LogP contribution >= 0.6 is 22.9 Å². The van der Waals surface area contributed by atoms with Crippen molar-refractivity contribution < 1.29 is 14.0 Å². The van der Waals surface area contributed by atoms with Crippen LogP contribution in [0.4, 0.5) is 0 Å². The molecule has 178 valence electrons. The molecule has 4 heterocycles. The zero-order valence-corrected chi connectivity index (χ0v) is 20.6. The van der Waals surface area contributed by atoms with Gasteiger partial charge in [0, 0.05) is 72.1 Å². The maximum Gasteiger partial charge on any atom is 0.289 e. The molecule has 0 radical (unpaired) electrons. The summed E-state index contributed by atoms with van der Waals surface area (Å²) in [6.45, 7) is 5.36. The second-order valence-electron chi connectivity index (χ2n) is 8.89. The van der Waals surface area contributed by atoms with Crippen molar-refractivity contribution in [2.24, 2.45) is 5.92 Å². The molecule has 0 saturated carbocycles. The van der Waals surface area contributed by atoms with Crippen molar-refractivity contribution in [3.63, 3.8) is 0 Å². The second kappa shape index (κ2) is 10.3. The lowest BCUT2D eigenvalue weighted by atomic mass is 9.94. The van der Waals surface area contributed by atoms with Crippen LogP contribution in [0.5, 0.6) is 0 Å². The van der Waals surface area contributed by atoms with Crippen LogP contribution in [0, 0.1) is 5.92 Å². The topological polar surface area (TPSA) is 57.0 Å². The minimum Gasteiger partial charge on any atom is -0.459 e. The first-order valence-electron chi connectivity index (χ1n) is 11.8. The molecule has 3 aromatic rings. The molecule has 2 aliphatic heterocycles. The second-order valence-corrected chi connectivity index (χ2v) is 10.5. The van der Waals surface area contributed by atoms with E-state index < -0.39 is 0 Å². The van der Waals surface area contributed by atoms with E-state index in [9.17, 15) is 9.59 Å². The van der Waals surface area contributed by atoms with Gasteiger partial charge in [-0.15, -0.1) is 11.3 Å². The lowest BCUT2D eigenvalue weighted by Gasteiger charge is -2.38. The summed E-state index contributed by atoms with van der Waals surface area (Å²) in [7, 11) is 0. The first-order valence-corrected chi connectivity index (χ1v) is 13.0. The SMILES string of the molecule is O=C(c1ccco1)N1CCC(C(=O)N2CCN(Cc3ccc(-c4ccccc4Cl)s3)CC2)CC1. The van der Waals surface area contributed by atoms with Crippen LogP contribution in [0.2, 0.25) is 5.02 Å². The molecule has 2 aliphatic rings. The number of nitrogens with zero attached hydrogens (tertiary/aromatic N) is 3. The molecule has 34 heavy (non-hydrogen) atoms. The molecule has 2 fully saturated rings. The largest absolute Gasteiger partial charge is 0.459 e. The van der Waals surface area contributed by atoms with E-state index in [-0.39, 0.29) is 17.7 Å². The number of carbonyl (C=O) groups excluding carboxylic acids is 2. The highest BCUT2D eigenvalue weighted by atomic mass is 35.5. The molecule has 1 aromatic carbocycles. The predicted molar refractivity (Wildman–Crippen MR) is 134 cm³/mol. The minimum absolute atomic E-state index is 0.00248. The molecule has 0 spiro atoms. The summed E-state index contributed by atoms with van der Waals surface area (Å²) < 4.78 is 5.22. The van der Waals surface area contributed by atoms with Gasteiger partial charge in [0.05, 0.1) is 6.26 Å². The van der Waals surface area contributed by atoms with E-state index in [2.05, 4.69) is 23.1 Å². The number of benzene rings is 1. The van der Waals surface area contributed by atoms with Crippen molar-refractivity contribution in [1.82, 2.24) is 14.7 Å². The maximum atomic E-state index is 13.1. The van der Waals surface area contributed by atoms with E-state index in [0.29, 0.717) is 31.7 Å². The number of halogens is 1. The Morgan fingerprint density at radius 1 is 0.912 bits per heavy atom. The summed E-state index contributed by atoms with van der Waals surface area (Å²) in [6, 6.07) is 15.7. The van der Waals surface area contributed by atoms with E-state index in [1.807, 2.05) is 23.1 Å². The minimum atomic E-state index is -0.0872. The fourth-order valence-corrected chi connectivity index (χ4v) is 6.14. The third-order valence-corrected chi connectivity index (χ3v) is 8.16. The lowest BCUT2D eigenvalue weighted by Crippen LogP contribution is -2.51. The highest BCUT2D eigenvalue weighted by molar-refractivity contribution is 7.15. The van der Waals surface area contributed by atoms with Crippen LogP contribution in [-0.4, -0.2) is 65.8 Å². The number of hydrogen-bond donors (Lipinski definition) is 0. The molecule has 0 aliphatic carbocycles. The van der Waals surface area contributed by atoms with Crippen LogP contribution in [0.1, 0.15) is 28.3 Å². The highest BCUT2D eigenvalue weighted by Gasteiger charge is 2.32. The summed E-state index contributed by atoms with van der Waals surface area (Å²) in [5, 5.41) is 0.777. The van der Waals surface area contributed by atoms with Crippen LogP contribution < -0.4 is 0 Å².